The van der Waals surface area contributed by atoms with Crippen LogP contribution in [0.3, 0.4) is 0 Å². The Balaban J connectivity index is 1.32. The molecule has 0 amide bonds. The molecule has 1 aromatic carbocycles. The average Bonchev–Trinajstić information content (AvgIpc) is 2.78. The third-order valence-electron chi connectivity index (χ3n) is 5.63. The summed E-state index contributed by atoms with van der Waals surface area (Å²) in [5.74, 6) is 0.303. The minimum Gasteiger partial charge on any atom is -0.338 e. The number of rotatable bonds is 6. The molecule has 0 saturated carbocycles. The number of anilines is 1. The van der Waals surface area contributed by atoms with Crippen LogP contribution in [0.2, 0.25) is 0 Å². The van der Waals surface area contributed by atoms with Crippen molar-refractivity contribution in [3.63, 3.8) is 0 Å². The van der Waals surface area contributed by atoms with Crippen LogP contribution in [0.25, 0.3) is 10.9 Å². The first-order valence-electron chi connectivity index (χ1n) is 10.2. The van der Waals surface area contributed by atoms with E-state index in [0.29, 0.717) is 17.4 Å². The zero-order valence-corrected chi connectivity index (χ0v) is 17.0. The molecule has 4 rings (SSSR count). The number of aromatic nitrogens is 4. The van der Waals surface area contributed by atoms with Crippen LogP contribution in [0.15, 0.2) is 46.2 Å². The Hall–Kier alpha value is -3.07. The fraction of sp³-hybridized carbons (Fsp3) is 0.429. The first-order chi connectivity index (χ1) is 14.5. The van der Waals surface area contributed by atoms with Gasteiger partial charge in [0.15, 0.2) is 0 Å². The number of aryl methyl sites for hydroxylation is 1. The van der Waals surface area contributed by atoms with E-state index in [9.17, 15) is 14.0 Å². The summed E-state index contributed by atoms with van der Waals surface area (Å²) in [7, 11) is 1.57. The Morgan fingerprint density at radius 3 is 2.43 bits per heavy atom. The van der Waals surface area contributed by atoms with E-state index < -0.39 is 11.5 Å². The van der Waals surface area contributed by atoms with E-state index in [0.717, 1.165) is 51.5 Å². The maximum absolute atomic E-state index is 13.5. The fourth-order valence-corrected chi connectivity index (χ4v) is 3.91. The molecule has 30 heavy (non-hydrogen) atoms. The summed E-state index contributed by atoms with van der Waals surface area (Å²) in [6.07, 6.45) is 5.12. The van der Waals surface area contributed by atoms with Crippen molar-refractivity contribution in [2.45, 2.75) is 19.4 Å². The molecule has 0 spiro atoms. The predicted octanol–water partition coefficient (Wildman–Crippen LogP) is 1.23. The molecule has 0 radical (unpaired) electrons. The number of halogens is 1. The molecule has 1 aliphatic heterocycles. The third-order valence-corrected chi connectivity index (χ3v) is 5.63. The molecule has 0 aliphatic carbocycles. The number of benzene rings is 1. The highest BCUT2D eigenvalue weighted by atomic mass is 19.1. The molecule has 3 aromatic rings. The standard InChI is InChI=1S/C21H25FN6O2/c1-25-18-15-16(22)5-6-17(18)19(29)28(21(25)30)10-3-2-9-26-11-13-27(14-12-26)20-23-7-4-8-24-20/h4-8,15H,2-3,9-14H2,1H3. The molecule has 0 unspecified atom stereocenters. The van der Waals surface area contributed by atoms with Gasteiger partial charge in [0.1, 0.15) is 5.82 Å². The first-order valence-corrected chi connectivity index (χ1v) is 10.2. The highest BCUT2D eigenvalue weighted by molar-refractivity contribution is 5.77. The molecule has 1 aliphatic rings. The fourth-order valence-electron chi connectivity index (χ4n) is 3.91. The van der Waals surface area contributed by atoms with Crippen LogP contribution in [-0.2, 0) is 13.6 Å². The van der Waals surface area contributed by atoms with Crippen molar-refractivity contribution in [2.24, 2.45) is 7.05 Å². The quantitative estimate of drug-likeness (QED) is 0.567. The van der Waals surface area contributed by atoms with E-state index in [1.54, 1.807) is 19.4 Å². The van der Waals surface area contributed by atoms with Crippen molar-refractivity contribution >= 4 is 16.9 Å². The predicted molar refractivity (Wildman–Crippen MR) is 113 cm³/mol. The van der Waals surface area contributed by atoms with Crippen LogP contribution in [0.1, 0.15) is 12.8 Å². The summed E-state index contributed by atoms with van der Waals surface area (Å²) in [4.78, 5) is 38.4. The lowest BCUT2D eigenvalue weighted by Crippen LogP contribution is -2.47. The molecule has 1 fully saturated rings. The molecule has 8 nitrogen and oxygen atoms in total. The van der Waals surface area contributed by atoms with Crippen molar-refractivity contribution in [2.75, 3.05) is 37.6 Å². The van der Waals surface area contributed by atoms with Gasteiger partial charge >= 0.3 is 5.69 Å². The van der Waals surface area contributed by atoms with Crippen LogP contribution in [-0.4, -0.2) is 56.7 Å². The Morgan fingerprint density at radius 1 is 1.00 bits per heavy atom. The topological polar surface area (TPSA) is 76.3 Å². The van der Waals surface area contributed by atoms with E-state index in [-0.39, 0.29) is 5.56 Å². The van der Waals surface area contributed by atoms with Crippen molar-refractivity contribution < 1.29 is 4.39 Å². The summed E-state index contributed by atoms with van der Waals surface area (Å²) in [5, 5.41) is 0.359. The number of unbranched alkanes of at least 4 members (excludes halogenated alkanes) is 1. The summed E-state index contributed by atoms with van der Waals surface area (Å²) in [5.41, 5.74) is -0.444. The number of piperazine rings is 1. The maximum atomic E-state index is 13.5. The second kappa shape index (κ2) is 8.74. The van der Waals surface area contributed by atoms with E-state index in [1.165, 1.54) is 27.3 Å². The van der Waals surface area contributed by atoms with Crippen molar-refractivity contribution in [1.82, 2.24) is 24.0 Å². The average molecular weight is 412 g/mol. The van der Waals surface area contributed by atoms with E-state index in [2.05, 4.69) is 19.8 Å². The van der Waals surface area contributed by atoms with Crippen LogP contribution < -0.4 is 16.1 Å². The Morgan fingerprint density at radius 2 is 1.70 bits per heavy atom. The smallest absolute Gasteiger partial charge is 0.331 e. The molecule has 3 heterocycles. The largest absolute Gasteiger partial charge is 0.338 e. The van der Waals surface area contributed by atoms with Gasteiger partial charge in [0.25, 0.3) is 5.56 Å². The summed E-state index contributed by atoms with van der Waals surface area (Å²) < 4.78 is 16.1. The third kappa shape index (κ3) is 4.11. The van der Waals surface area contributed by atoms with Crippen molar-refractivity contribution in [3.05, 3.63) is 63.3 Å². The van der Waals surface area contributed by atoms with Gasteiger partial charge in [-0.25, -0.2) is 19.2 Å². The molecule has 0 N–H and O–H groups in total. The SMILES string of the molecule is Cn1c(=O)n(CCCCN2CCN(c3ncccn3)CC2)c(=O)c2ccc(F)cc21. The lowest BCUT2D eigenvalue weighted by Gasteiger charge is -2.34. The van der Waals surface area contributed by atoms with Crippen LogP contribution in [0.5, 0.6) is 0 Å². The Labute approximate surface area is 173 Å². The molecular weight excluding hydrogens is 387 g/mol. The van der Waals surface area contributed by atoms with Gasteiger partial charge in [-0.05, 0) is 43.7 Å². The Bertz CT molecular complexity index is 1140. The van der Waals surface area contributed by atoms with Crippen molar-refractivity contribution in [1.29, 1.82) is 0 Å². The number of hydrogen-bond donors (Lipinski definition) is 0. The van der Waals surface area contributed by atoms with E-state index in [4.69, 9.17) is 0 Å². The van der Waals surface area contributed by atoms with Crippen LogP contribution >= 0.6 is 0 Å². The number of fused-ring (bicyclic) bond motifs is 1. The zero-order chi connectivity index (χ0) is 21.1. The number of nitrogens with zero attached hydrogens (tertiary/aromatic N) is 6. The molecule has 0 atom stereocenters. The summed E-state index contributed by atoms with van der Waals surface area (Å²) >= 11 is 0. The molecule has 1 saturated heterocycles. The minimum atomic E-state index is -0.464. The molecule has 2 aromatic heterocycles. The highest BCUT2D eigenvalue weighted by Crippen LogP contribution is 2.11. The van der Waals surface area contributed by atoms with Gasteiger partial charge in [-0.1, -0.05) is 0 Å². The van der Waals surface area contributed by atoms with Gasteiger partial charge in [-0.2, -0.15) is 0 Å². The second-order valence-corrected chi connectivity index (χ2v) is 7.54. The molecule has 0 bridgehead atoms. The van der Waals surface area contributed by atoms with Gasteiger partial charge in [-0.15, -0.1) is 0 Å². The molecule has 9 heteroatoms. The monoisotopic (exact) mass is 412 g/mol. The molecular formula is C21H25FN6O2. The molecule has 158 valence electrons. The summed E-state index contributed by atoms with van der Waals surface area (Å²) in [6, 6.07) is 5.73. The van der Waals surface area contributed by atoms with E-state index in [1.807, 2.05) is 6.07 Å². The van der Waals surface area contributed by atoms with Gasteiger partial charge in [-0.3, -0.25) is 18.8 Å². The Kier molecular flexibility index (Phi) is 5.89. The van der Waals surface area contributed by atoms with Gasteiger partial charge < -0.3 is 4.90 Å². The zero-order valence-electron chi connectivity index (χ0n) is 17.0. The maximum Gasteiger partial charge on any atom is 0.331 e. The second-order valence-electron chi connectivity index (χ2n) is 7.54. The van der Waals surface area contributed by atoms with Crippen LogP contribution in [0.4, 0.5) is 10.3 Å². The number of hydrogen-bond acceptors (Lipinski definition) is 6. The van der Waals surface area contributed by atoms with Crippen LogP contribution in [0, 0.1) is 5.82 Å². The van der Waals surface area contributed by atoms with E-state index >= 15 is 0 Å². The lowest BCUT2D eigenvalue weighted by atomic mass is 10.2. The van der Waals surface area contributed by atoms with Gasteiger partial charge in [0.05, 0.1) is 10.9 Å². The lowest BCUT2D eigenvalue weighted by molar-refractivity contribution is 0.250. The summed E-state index contributed by atoms with van der Waals surface area (Å²) in [6.45, 7) is 4.90. The van der Waals surface area contributed by atoms with Gasteiger partial charge in [0, 0.05) is 52.2 Å². The van der Waals surface area contributed by atoms with Crippen molar-refractivity contribution in [3.8, 4) is 0 Å². The first kappa shape index (κ1) is 20.2. The van der Waals surface area contributed by atoms with Gasteiger partial charge in [0.2, 0.25) is 5.95 Å². The normalized spacial score (nSPS) is 15.1. The minimum absolute atomic E-state index is 0.321. The highest BCUT2D eigenvalue weighted by Gasteiger charge is 2.18.